The summed E-state index contributed by atoms with van der Waals surface area (Å²) < 4.78 is 23.1. The van der Waals surface area contributed by atoms with Gasteiger partial charge in [0, 0.05) is 17.4 Å². The Hall–Kier alpha value is -1.23. The lowest BCUT2D eigenvalue weighted by molar-refractivity contribution is 0.562. The molecule has 1 aliphatic rings. The summed E-state index contributed by atoms with van der Waals surface area (Å²) >= 11 is 0. The van der Waals surface area contributed by atoms with Crippen LogP contribution in [-0.2, 0) is 9.84 Å². The van der Waals surface area contributed by atoms with Gasteiger partial charge in [0.05, 0.1) is 11.5 Å². The SMILES string of the molecule is Cc1c(N)cccc1NC1CCCS(=O)(=O)C1. The van der Waals surface area contributed by atoms with Crippen molar-refractivity contribution in [3.63, 3.8) is 0 Å². The zero-order valence-corrected chi connectivity index (χ0v) is 10.8. The van der Waals surface area contributed by atoms with Gasteiger partial charge in [-0.1, -0.05) is 6.07 Å². The van der Waals surface area contributed by atoms with Gasteiger partial charge in [0.15, 0.2) is 9.84 Å². The molecule has 4 nitrogen and oxygen atoms in total. The van der Waals surface area contributed by atoms with Crippen molar-refractivity contribution in [1.29, 1.82) is 0 Å². The van der Waals surface area contributed by atoms with Crippen LogP contribution in [0, 0.1) is 6.92 Å². The minimum atomic E-state index is -2.87. The topological polar surface area (TPSA) is 72.2 Å². The highest BCUT2D eigenvalue weighted by Gasteiger charge is 2.24. The van der Waals surface area contributed by atoms with Crippen LogP contribution in [0.15, 0.2) is 18.2 Å². The third kappa shape index (κ3) is 2.91. The van der Waals surface area contributed by atoms with E-state index in [1.807, 2.05) is 25.1 Å². The third-order valence-electron chi connectivity index (χ3n) is 3.20. The quantitative estimate of drug-likeness (QED) is 0.786. The Morgan fingerprint density at radius 3 is 2.88 bits per heavy atom. The molecule has 1 aromatic carbocycles. The third-order valence-corrected chi connectivity index (χ3v) is 5.02. The molecule has 0 spiro atoms. The van der Waals surface area contributed by atoms with Crippen LogP contribution < -0.4 is 11.1 Å². The molecule has 1 unspecified atom stereocenters. The lowest BCUT2D eigenvalue weighted by Gasteiger charge is -2.25. The van der Waals surface area contributed by atoms with E-state index in [4.69, 9.17) is 5.73 Å². The number of anilines is 2. The summed E-state index contributed by atoms with van der Waals surface area (Å²) in [5, 5.41) is 3.29. The van der Waals surface area contributed by atoms with Crippen molar-refractivity contribution in [3.05, 3.63) is 23.8 Å². The summed E-state index contributed by atoms with van der Waals surface area (Å²) in [5.74, 6) is 0.544. The fourth-order valence-electron chi connectivity index (χ4n) is 2.17. The molecule has 2 rings (SSSR count). The molecular weight excluding hydrogens is 236 g/mol. The first-order chi connectivity index (χ1) is 7.98. The Kier molecular flexibility index (Phi) is 3.28. The molecule has 1 heterocycles. The Balaban J connectivity index is 2.13. The van der Waals surface area contributed by atoms with E-state index in [0.717, 1.165) is 29.8 Å². The van der Waals surface area contributed by atoms with E-state index in [1.165, 1.54) is 0 Å². The van der Waals surface area contributed by atoms with Gasteiger partial charge in [-0.2, -0.15) is 0 Å². The number of nitrogens with two attached hydrogens (primary N) is 1. The molecule has 1 fully saturated rings. The van der Waals surface area contributed by atoms with Crippen LogP contribution in [0.4, 0.5) is 11.4 Å². The second kappa shape index (κ2) is 4.56. The molecule has 0 aromatic heterocycles. The van der Waals surface area contributed by atoms with E-state index in [0.29, 0.717) is 5.75 Å². The van der Waals surface area contributed by atoms with Gasteiger partial charge < -0.3 is 11.1 Å². The van der Waals surface area contributed by atoms with Crippen molar-refractivity contribution in [2.24, 2.45) is 0 Å². The van der Waals surface area contributed by atoms with Crippen LogP contribution in [0.5, 0.6) is 0 Å². The molecule has 1 aliphatic heterocycles. The van der Waals surface area contributed by atoms with Gasteiger partial charge in [-0.25, -0.2) is 8.42 Å². The van der Waals surface area contributed by atoms with Crippen LogP contribution in [0.3, 0.4) is 0 Å². The zero-order valence-electron chi connectivity index (χ0n) is 9.94. The van der Waals surface area contributed by atoms with Crippen molar-refractivity contribution in [2.75, 3.05) is 22.6 Å². The number of nitrogen functional groups attached to an aromatic ring is 1. The van der Waals surface area contributed by atoms with Crippen LogP contribution in [0.25, 0.3) is 0 Å². The minimum Gasteiger partial charge on any atom is -0.398 e. The number of hydrogen-bond donors (Lipinski definition) is 2. The van der Waals surface area contributed by atoms with Gasteiger partial charge in [0.2, 0.25) is 0 Å². The van der Waals surface area contributed by atoms with Gasteiger partial charge in [0.25, 0.3) is 0 Å². The van der Waals surface area contributed by atoms with Gasteiger partial charge in [0.1, 0.15) is 0 Å². The maximum atomic E-state index is 11.5. The van der Waals surface area contributed by atoms with E-state index >= 15 is 0 Å². The van der Waals surface area contributed by atoms with E-state index < -0.39 is 9.84 Å². The predicted octanol–water partition coefficient (Wildman–Crippen LogP) is 1.57. The number of rotatable bonds is 2. The first-order valence-corrected chi connectivity index (χ1v) is 7.62. The van der Waals surface area contributed by atoms with Crippen molar-refractivity contribution in [1.82, 2.24) is 0 Å². The molecule has 1 saturated heterocycles. The molecule has 0 bridgehead atoms. The highest BCUT2D eigenvalue weighted by molar-refractivity contribution is 7.91. The van der Waals surface area contributed by atoms with E-state index in [2.05, 4.69) is 5.32 Å². The average molecular weight is 254 g/mol. The molecule has 0 radical (unpaired) electrons. The molecule has 94 valence electrons. The summed E-state index contributed by atoms with van der Waals surface area (Å²) in [6.07, 6.45) is 1.63. The predicted molar refractivity (Wildman–Crippen MR) is 70.9 cm³/mol. The smallest absolute Gasteiger partial charge is 0.152 e. The number of nitrogens with one attached hydrogen (secondary N) is 1. The van der Waals surface area contributed by atoms with Gasteiger partial charge in [-0.15, -0.1) is 0 Å². The Bertz CT molecular complexity index is 511. The summed E-state index contributed by atoms with van der Waals surface area (Å²) in [7, 11) is -2.87. The molecule has 17 heavy (non-hydrogen) atoms. The second-order valence-electron chi connectivity index (χ2n) is 4.62. The van der Waals surface area contributed by atoms with Gasteiger partial charge in [-0.3, -0.25) is 0 Å². The number of hydrogen-bond acceptors (Lipinski definition) is 4. The Labute approximate surface area is 102 Å². The molecular formula is C12H18N2O2S. The first-order valence-electron chi connectivity index (χ1n) is 5.80. The van der Waals surface area contributed by atoms with E-state index in [9.17, 15) is 8.42 Å². The summed E-state index contributed by atoms with van der Waals surface area (Å²) in [6, 6.07) is 5.67. The van der Waals surface area contributed by atoms with Crippen LogP contribution in [0.2, 0.25) is 0 Å². The standard InChI is InChI=1S/C12H18N2O2S/c1-9-11(13)5-2-6-12(9)14-10-4-3-7-17(15,16)8-10/h2,5-6,10,14H,3-4,7-8,13H2,1H3. The Morgan fingerprint density at radius 2 is 2.18 bits per heavy atom. The largest absolute Gasteiger partial charge is 0.398 e. The molecule has 0 aliphatic carbocycles. The lowest BCUT2D eigenvalue weighted by Crippen LogP contribution is -2.35. The van der Waals surface area contributed by atoms with Gasteiger partial charge in [-0.05, 0) is 37.5 Å². The molecule has 0 saturated carbocycles. The fraction of sp³-hybridized carbons (Fsp3) is 0.500. The zero-order chi connectivity index (χ0) is 12.5. The van der Waals surface area contributed by atoms with Crippen molar-refractivity contribution < 1.29 is 8.42 Å². The summed E-state index contributed by atoms with van der Waals surface area (Å²) in [5.41, 5.74) is 8.47. The average Bonchev–Trinajstić information content (AvgIpc) is 2.23. The number of benzene rings is 1. The first kappa shape index (κ1) is 12.2. The number of sulfone groups is 1. The van der Waals surface area contributed by atoms with E-state index in [1.54, 1.807) is 0 Å². The van der Waals surface area contributed by atoms with Gasteiger partial charge >= 0.3 is 0 Å². The monoisotopic (exact) mass is 254 g/mol. The van der Waals surface area contributed by atoms with Crippen LogP contribution in [-0.4, -0.2) is 26.0 Å². The maximum Gasteiger partial charge on any atom is 0.152 e. The normalized spacial score (nSPS) is 23.2. The lowest BCUT2D eigenvalue weighted by atomic mass is 10.1. The highest BCUT2D eigenvalue weighted by atomic mass is 32.2. The molecule has 1 aromatic rings. The molecule has 0 amide bonds. The molecule has 1 atom stereocenters. The Morgan fingerprint density at radius 1 is 1.41 bits per heavy atom. The van der Waals surface area contributed by atoms with Crippen LogP contribution >= 0.6 is 0 Å². The van der Waals surface area contributed by atoms with Crippen molar-refractivity contribution in [2.45, 2.75) is 25.8 Å². The maximum absolute atomic E-state index is 11.5. The second-order valence-corrected chi connectivity index (χ2v) is 6.85. The summed E-state index contributed by atoms with van der Waals surface area (Å²) in [4.78, 5) is 0. The fourth-order valence-corrected chi connectivity index (χ4v) is 3.80. The molecule has 5 heteroatoms. The minimum absolute atomic E-state index is 0.00856. The van der Waals surface area contributed by atoms with Crippen LogP contribution in [0.1, 0.15) is 18.4 Å². The highest BCUT2D eigenvalue weighted by Crippen LogP contribution is 2.23. The summed E-state index contributed by atoms with van der Waals surface area (Å²) in [6.45, 7) is 1.94. The van der Waals surface area contributed by atoms with Crippen molar-refractivity contribution in [3.8, 4) is 0 Å². The molecule has 3 N–H and O–H groups in total. The van der Waals surface area contributed by atoms with Crippen molar-refractivity contribution >= 4 is 21.2 Å². The van der Waals surface area contributed by atoms with E-state index in [-0.39, 0.29) is 11.8 Å².